The van der Waals surface area contributed by atoms with E-state index in [-0.39, 0.29) is 11.9 Å². The zero-order valence-corrected chi connectivity index (χ0v) is 14.9. The van der Waals surface area contributed by atoms with E-state index in [1.807, 2.05) is 61.5 Å². The highest BCUT2D eigenvalue weighted by Gasteiger charge is 2.35. The second-order valence-corrected chi connectivity index (χ2v) is 6.95. The lowest BCUT2D eigenvalue weighted by Crippen LogP contribution is -2.20. The second-order valence-electron chi connectivity index (χ2n) is 6.95. The molecule has 3 heteroatoms. The van der Waals surface area contributed by atoms with Crippen LogP contribution in [0.25, 0.3) is 22.0 Å². The van der Waals surface area contributed by atoms with Gasteiger partial charge in [-0.3, -0.25) is 4.79 Å². The van der Waals surface area contributed by atoms with Gasteiger partial charge in [-0.1, -0.05) is 72.8 Å². The normalized spacial score (nSPS) is 15.6. The number of pyridine rings is 1. The van der Waals surface area contributed by atoms with Gasteiger partial charge in [0.25, 0.3) is 5.91 Å². The van der Waals surface area contributed by atoms with Crippen LogP contribution in [0.5, 0.6) is 0 Å². The number of rotatable bonds is 2. The largest absolute Gasteiger partial charge is 0.340 e. The molecule has 0 unspecified atom stereocenters. The number of hydrogen-bond acceptors (Lipinski definition) is 2. The Hall–Kier alpha value is -3.46. The zero-order valence-electron chi connectivity index (χ0n) is 14.9. The Balaban J connectivity index is 1.89. The van der Waals surface area contributed by atoms with Gasteiger partial charge >= 0.3 is 0 Å². The van der Waals surface area contributed by atoms with E-state index < -0.39 is 0 Å². The number of fused-ring (bicyclic) bond motifs is 2. The van der Waals surface area contributed by atoms with E-state index in [1.54, 1.807) is 0 Å². The highest BCUT2D eigenvalue weighted by Crippen LogP contribution is 2.41. The number of nitrogens with zero attached hydrogens (tertiary/aromatic N) is 1. The van der Waals surface area contributed by atoms with Crippen LogP contribution in [0.2, 0.25) is 0 Å². The van der Waals surface area contributed by atoms with Crippen molar-refractivity contribution in [2.75, 3.05) is 0 Å². The molecule has 1 N–H and O–H groups in total. The Kier molecular flexibility index (Phi) is 3.54. The molecule has 0 aliphatic carbocycles. The first kappa shape index (κ1) is 15.8. The van der Waals surface area contributed by atoms with Gasteiger partial charge in [0.2, 0.25) is 0 Å². The van der Waals surface area contributed by atoms with Crippen LogP contribution in [0.15, 0.2) is 78.9 Å². The van der Waals surface area contributed by atoms with Gasteiger partial charge in [0, 0.05) is 10.9 Å². The third-order valence-electron chi connectivity index (χ3n) is 5.15. The van der Waals surface area contributed by atoms with Gasteiger partial charge in [-0.2, -0.15) is 0 Å². The van der Waals surface area contributed by atoms with Gasteiger partial charge in [0.15, 0.2) is 0 Å². The number of aryl methyl sites for hydroxylation is 1. The van der Waals surface area contributed by atoms with Gasteiger partial charge in [0.1, 0.15) is 5.69 Å². The van der Waals surface area contributed by atoms with Crippen LogP contribution >= 0.6 is 0 Å². The summed E-state index contributed by atoms with van der Waals surface area (Å²) in [4.78, 5) is 17.5. The Morgan fingerprint density at radius 1 is 0.889 bits per heavy atom. The summed E-state index contributed by atoms with van der Waals surface area (Å²) in [5.41, 5.74) is 6.73. The van der Waals surface area contributed by atoms with Gasteiger partial charge in [0.05, 0.1) is 11.6 Å². The average molecular weight is 350 g/mol. The van der Waals surface area contributed by atoms with Crippen molar-refractivity contribution in [2.24, 2.45) is 0 Å². The quantitative estimate of drug-likeness (QED) is 0.550. The molecule has 3 aromatic carbocycles. The molecule has 0 bridgehead atoms. The monoisotopic (exact) mass is 350 g/mol. The molecule has 0 saturated heterocycles. The number of carbonyl (C=O) groups excluding carboxylic acids is 1. The fourth-order valence-electron chi connectivity index (χ4n) is 3.93. The summed E-state index contributed by atoms with van der Waals surface area (Å²) in [6, 6.07) is 26.4. The molecule has 1 aliphatic rings. The second kappa shape index (κ2) is 6.06. The van der Waals surface area contributed by atoms with Crippen molar-refractivity contribution in [1.29, 1.82) is 0 Å². The SMILES string of the molecule is Cc1ccc2c(-c3ccccc3)c3c(nc2c1)C(=O)N[C@@H]3c1ccccc1. The summed E-state index contributed by atoms with van der Waals surface area (Å²) in [6.07, 6.45) is 0. The summed E-state index contributed by atoms with van der Waals surface area (Å²) in [6.45, 7) is 2.05. The fourth-order valence-corrected chi connectivity index (χ4v) is 3.93. The zero-order chi connectivity index (χ0) is 18.4. The molecule has 1 amide bonds. The Bertz CT molecular complexity index is 1170. The van der Waals surface area contributed by atoms with Crippen molar-refractivity contribution < 1.29 is 4.79 Å². The summed E-state index contributed by atoms with van der Waals surface area (Å²) < 4.78 is 0. The fraction of sp³-hybridized carbons (Fsp3) is 0.0833. The molecule has 0 spiro atoms. The summed E-state index contributed by atoms with van der Waals surface area (Å²) in [7, 11) is 0. The van der Waals surface area contributed by atoms with Gasteiger partial charge < -0.3 is 5.32 Å². The summed E-state index contributed by atoms with van der Waals surface area (Å²) >= 11 is 0. The third kappa shape index (κ3) is 2.51. The maximum atomic E-state index is 12.8. The molecule has 27 heavy (non-hydrogen) atoms. The van der Waals surface area contributed by atoms with Gasteiger partial charge in [-0.05, 0) is 35.2 Å². The number of amides is 1. The topological polar surface area (TPSA) is 42.0 Å². The molecular formula is C24H18N2O. The van der Waals surface area contributed by atoms with Crippen molar-refractivity contribution in [3.8, 4) is 11.1 Å². The Morgan fingerprint density at radius 3 is 2.33 bits per heavy atom. The van der Waals surface area contributed by atoms with Crippen LogP contribution in [0.1, 0.15) is 33.2 Å². The predicted molar refractivity (Wildman–Crippen MR) is 108 cm³/mol. The Morgan fingerprint density at radius 2 is 1.59 bits per heavy atom. The first-order chi connectivity index (χ1) is 13.2. The predicted octanol–water partition coefficient (Wildman–Crippen LogP) is 5.04. The summed E-state index contributed by atoms with van der Waals surface area (Å²) in [5, 5.41) is 4.21. The van der Waals surface area contributed by atoms with Gasteiger partial charge in [-0.15, -0.1) is 0 Å². The minimum absolute atomic E-state index is 0.112. The lowest BCUT2D eigenvalue weighted by molar-refractivity contribution is 0.0956. The standard InChI is InChI=1S/C24H18N2O/c1-15-12-13-18-19(14-15)25-23-21(20(18)16-8-4-2-5-9-16)22(26-24(23)27)17-10-6-3-7-11-17/h2-14,22H,1H3,(H,26,27)/t22-/m1/s1. The number of benzene rings is 3. The molecule has 4 aromatic rings. The smallest absolute Gasteiger partial charge is 0.271 e. The molecular weight excluding hydrogens is 332 g/mol. The maximum absolute atomic E-state index is 12.8. The van der Waals surface area contributed by atoms with Crippen LogP contribution in [-0.4, -0.2) is 10.9 Å². The van der Waals surface area contributed by atoms with E-state index in [9.17, 15) is 4.79 Å². The van der Waals surface area contributed by atoms with Gasteiger partial charge in [-0.25, -0.2) is 4.98 Å². The first-order valence-corrected chi connectivity index (χ1v) is 9.08. The molecule has 3 nitrogen and oxygen atoms in total. The van der Waals surface area contributed by atoms with E-state index in [0.717, 1.165) is 38.7 Å². The summed E-state index contributed by atoms with van der Waals surface area (Å²) in [5.74, 6) is -0.112. The van der Waals surface area contributed by atoms with Crippen LogP contribution < -0.4 is 5.32 Å². The molecule has 1 aromatic heterocycles. The van der Waals surface area contributed by atoms with E-state index in [1.165, 1.54) is 0 Å². The van der Waals surface area contributed by atoms with E-state index in [0.29, 0.717) is 5.69 Å². The highest BCUT2D eigenvalue weighted by molar-refractivity contribution is 6.07. The van der Waals surface area contributed by atoms with Crippen LogP contribution in [0, 0.1) is 6.92 Å². The minimum atomic E-state index is -0.192. The van der Waals surface area contributed by atoms with Crippen molar-refractivity contribution in [1.82, 2.24) is 10.3 Å². The third-order valence-corrected chi connectivity index (χ3v) is 5.15. The molecule has 0 saturated carbocycles. The maximum Gasteiger partial charge on any atom is 0.271 e. The molecule has 1 atom stereocenters. The van der Waals surface area contributed by atoms with E-state index in [2.05, 4.69) is 29.6 Å². The molecule has 130 valence electrons. The number of aromatic nitrogens is 1. The lowest BCUT2D eigenvalue weighted by atomic mass is 9.89. The number of carbonyl (C=O) groups is 1. The number of hydrogen-bond donors (Lipinski definition) is 1. The average Bonchev–Trinajstić information content (AvgIpc) is 3.04. The van der Waals surface area contributed by atoms with Crippen molar-refractivity contribution in [3.05, 3.63) is 101 Å². The van der Waals surface area contributed by atoms with Crippen LogP contribution in [0.4, 0.5) is 0 Å². The van der Waals surface area contributed by atoms with Crippen molar-refractivity contribution in [2.45, 2.75) is 13.0 Å². The van der Waals surface area contributed by atoms with Crippen LogP contribution in [0.3, 0.4) is 0 Å². The van der Waals surface area contributed by atoms with Crippen molar-refractivity contribution >= 4 is 16.8 Å². The molecule has 1 aliphatic heterocycles. The minimum Gasteiger partial charge on any atom is -0.340 e. The molecule has 5 rings (SSSR count). The first-order valence-electron chi connectivity index (χ1n) is 9.08. The lowest BCUT2D eigenvalue weighted by Gasteiger charge is -2.18. The Labute approximate surface area is 157 Å². The van der Waals surface area contributed by atoms with Crippen LogP contribution in [-0.2, 0) is 0 Å². The molecule has 0 fully saturated rings. The van der Waals surface area contributed by atoms with E-state index >= 15 is 0 Å². The molecule has 0 radical (unpaired) electrons. The van der Waals surface area contributed by atoms with E-state index in [4.69, 9.17) is 4.98 Å². The highest BCUT2D eigenvalue weighted by atomic mass is 16.2. The van der Waals surface area contributed by atoms with Crippen molar-refractivity contribution in [3.63, 3.8) is 0 Å². The molecule has 2 heterocycles. The number of nitrogens with one attached hydrogen (secondary N) is 1.